The number of nitrogens with zero attached hydrogens (tertiary/aromatic N) is 2. The van der Waals surface area contributed by atoms with Crippen molar-refractivity contribution in [3.63, 3.8) is 0 Å². The molecule has 0 saturated carbocycles. The van der Waals surface area contributed by atoms with Gasteiger partial charge in [0.15, 0.2) is 0 Å². The Morgan fingerprint density at radius 3 is 2.72 bits per heavy atom. The van der Waals surface area contributed by atoms with E-state index in [9.17, 15) is 9.59 Å². The molecule has 2 unspecified atom stereocenters. The van der Waals surface area contributed by atoms with Crippen molar-refractivity contribution in [2.24, 2.45) is 0 Å². The van der Waals surface area contributed by atoms with Gasteiger partial charge in [-0.25, -0.2) is 4.79 Å². The van der Waals surface area contributed by atoms with Crippen LogP contribution in [0.4, 0.5) is 10.5 Å². The molecular weight excluding hydrogens is 363 g/mol. The lowest BCUT2D eigenvalue weighted by molar-refractivity contribution is 0.0748. The topological polar surface area (TPSA) is 64.7 Å². The van der Waals surface area contributed by atoms with E-state index in [1.54, 1.807) is 23.1 Å². The van der Waals surface area contributed by atoms with Gasteiger partial charge in [0.1, 0.15) is 0 Å². The maximum atomic E-state index is 12.9. The van der Waals surface area contributed by atoms with E-state index in [-0.39, 0.29) is 24.3 Å². The molecule has 3 amide bonds. The van der Waals surface area contributed by atoms with E-state index in [4.69, 9.17) is 11.6 Å². The molecule has 6 nitrogen and oxygen atoms in total. The summed E-state index contributed by atoms with van der Waals surface area (Å²) in [7, 11) is 0. The summed E-state index contributed by atoms with van der Waals surface area (Å²) in [5, 5.41) is 6.83. The highest BCUT2D eigenvalue weighted by Gasteiger charge is 2.32. The van der Waals surface area contributed by atoms with Gasteiger partial charge in [-0.1, -0.05) is 11.6 Å². The summed E-state index contributed by atoms with van der Waals surface area (Å²) in [6, 6.07) is 5.97. The summed E-state index contributed by atoms with van der Waals surface area (Å²) in [4.78, 5) is 28.3. The average molecular weight is 385 g/mol. The summed E-state index contributed by atoms with van der Waals surface area (Å²) >= 11 is 6.25. The summed E-state index contributed by atoms with van der Waals surface area (Å²) < 4.78 is 0. The number of fused-ring (bicyclic) bond motifs is 2. The van der Waals surface area contributed by atoms with E-state index in [0.29, 0.717) is 41.4 Å². The largest absolute Gasteiger partial charge is 0.337 e. The fourth-order valence-electron chi connectivity index (χ4n) is 3.86. The van der Waals surface area contributed by atoms with Gasteiger partial charge in [0.05, 0.1) is 10.7 Å². The number of likely N-dealkylation sites (tertiary alicyclic amines) is 1. The number of nitrogens with one attached hydrogen (secondary N) is 2. The quantitative estimate of drug-likeness (QED) is 0.821. The molecule has 3 aliphatic heterocycles. The standard InChI is InChI=1S/C17H21ClN4O2.ClH/c18-14-4-1-11(9-15(14)22-8-6-19-17(22)24)16(23)21-7-5-12-2-3-13(10-21)20-12;/h1,4,9,12-13,20H,2-3,5-8,10H2,(H,19,24);1H. The zero-order valence-corrected chi connectivity index (χ0v) is 15.4. The van der Waals surface area contributed by atoms with Crippen LogP contribution in [0.3, 0.4) is 0 Å². The molecule has 1 aromatic carbocycles. The third-order valence-corrected chi connectivity index (χ3v) is 5.47. The van der Waals surface area contributed by atoms with Gasteiger partial charge in [0, 0.05) is 43.8 Å². The molecule has 2 bridgehead atoms. The fraction of sp³-hybridized carbons (Fsp3) is 0.529. The molecule has 25 heavy (non-hydrogen) atoms. The van der Waals surface area contributed by atoms with E-state index in [2.05, 4.69) is 10.6 Å². The first-order chi connectivity index (χ1) is 11.6. The Balaban J connectivity index is 0.00000182. The molecule has 0 aliphatic carbocycles. The van der Waals surface area contributed by atoms with Crippen LogP contribution in [-0.2, 0) is 0 Å². The van der Waals surface area contributed by atoms with Crippen LogP contribution in [0.2, 0.25) is 5.02 Å². The van der Waals surface area contributed by atoms with Gasteiger partial charge in [0.25, 0.3) is 5.91 Å². The van der Waals surface area contributed by atoms with Crippen LogP contribution < -0.4 is 15.5 Å². The second kappa shape index (κ2) is 7.40. The molecule has 0 aromatic heterocycles. The summed E-state index contributed by atoms with van der Waals surface area (Å²) in [6.07, 6.45) is 3.34. The maximum absolute atomic E-state index is 12.9. The zero-order valence-electron chi connectivity index (χ0n) is 13.8. The van der Waals surface area contributed by atoms with Crippen LogP contribution in [0.5, 0.6) is 0 Å². The molecule has 3 aliphatic rings. The predicted molar refractivity (Wildman–Crippen MR) is 99.9 cm³/mol. The van der Waals surface area contributed by atoms with Crippen molar-refractivity contribution in [2.45, 2.75) is 31.3 Å². The molecule has 8 heteroatoms. The number of benzene rings is 1. The Labute approximate surface area is 158 Å². The van der Waals surface area contributed by atoms with Gasteiger partial charge < -0.3 is 15.5 Å². The number of hydrogen-bond donors (Lipinski definition) is 2. The average Bonchev–Trinajstić information content (AvgIpc) is 3.13. The van der Waals surface area contributed by atoms with Crippen molar-refractivity contribution in [1.29, 1.82) is 0 Å². The molecule has 3 heterocycles. The van der Waals surface area contributed by atoms with Crippen LogP contribution in [0.25, 0.3) is 0 Å². The lowest BCUT2D eigenvalue weighted by Crippen LogP contribution is -2.39. The van der Waals surface area contributed by atoms with Crippen molar-refractivity contribution in [3.05, 3.63) is 28.8 Å². The number of hydrogen-bond acceptors (Lipinski definition) is 3. The Morgan fingerprint density at radius 1 is 1.16 bits per heavy atom. The maximum Gasteiger partial charge on any atom is 0.322 e. The lowest BCUT2D eigenvalue weighted by Gasteiger charge is -2.25. The van der Waals surface area contributed by atoms with Crippen LogP contribution in [-0.4, -0.2) is 55.1 Å². The van der Waals surface area contributed by atoms with E-state index in [1.165, 1.54) is 6.42 Å². The van der Waals surface area contributed by atoms with Gasteiger partial charge in [0.2, 0.25) is 0 Å². The fourth-order valence-corrected chi connectivity index (χ4v) is 4.08. The molecule has 136 valence electrons. The lowest BCUT2D eigenvalue weighted by atomic mass is 10.1. The van der Waals surface area contributed by atoms with Crippen LogP contribution in [0.1, 0.15) is 29.6 Å². The molecule has 2 atom stereocenters. The first-order valence-electron chi connectivity index (χ1n) is 8.52. The second-order valence-electron chi connectivity index (χ2n) is 6.73. The van der Waals surface area contributed by atoms with Crippen molar-refractivity contribution in [3.8, 4) is 0 Å². The second-order valence-corrected chi connectivity index (χ2v) is 7.13. The highest BCUT2D eigenvalue weighted by Crippen LogP contribution is 2.29. The molecule has 0 radical (unpaired) electrons. The van der Waals surface area contributed by atoms with Crippen LogP contribution in [0.15, 0.2) is 18.2 Å². The van der Waals surface area contributed by atoms with Crippen molar-refractivity contribution >= 4 is 41.6 Å². The molecular formula is C17H22Cl2N4O2. The summed E-state index contributed by atoms with van der Waals surface area (Å²) in [6.45, 7) is 2.68. The van der Waals surface area contributed by atoms with Gasteiger partial charge in [-0.15, -0.1) is 12.4 Å². The van der Waals surface area contributed by atoms with Crippen LogP contribution in [0, 0.1) is 0 Å². The van der Waals surface area contributed by atoms with E-state index in [0.717, 1.165) is 25.9 Å². The smallest absolute Gasteiger partial charge is 0.322 e. The molecule has 3 saturated heterocycles. The number of urea groups is 1. The minimum atomic E-state index is -0.169. The Bertz CT molecular complexity index is 685. The number of carbonyl (C=O) groups excluding carboxylic acids is 2. The minimum absolute atomic E-state index is 0. The van der Waals surface area contributed by atoms with Gasteiger partial charge in [-0.3, -0.25) is 9.69 Å². The summed E-state index contributed by atoms with van der Waals surface area (Å²) in [5.41, 5.74) is 1.19. The molecule has 1 aromatic rings. The number of anilines is 1. The Hall–Kier alpha value is -1.50. The Kier molecular flexibility index (Phi) is 5.41. The first-order valence-corrected chi connectivity index (χ1v) is 8.90. The SMILES string of the molecule is Cl.O=C(c1ccc(Cl)c(N2CCNC2=O)c1)N1CCC2CCC(C1)N2. The van der Waals surface area contributed by atoms with Crippen molar-refractivity contribution < 1.29 is 9.59 Å². The van der Waals surface area contributed by atoms with Gasteiger partial charge in [-0.2, -0.15) is 0 Å². The highest BCUT2D eigenvalue weighted by atomic mass is 35.5. The van der Waals surface area contributed by atoms with E-state index in [1.807, 2.05) is 4.90 Å². The zero-order chi connectivity index (χ0) is 16.7. The van der Waals surface area contributed by atoms with E-state index >= 15 is 0 Å². The predicted octanol–water partition coefficient (Wildman–Crippen LogP) is 2.26. The van der Waals surface area contributed by atoms with Crippen LogP contribution >= 0.6 is 24.0 Å². The third-order valence-electron chi connectivity index (χ3n) is 5.15. The monoisotopic (exact) mass is 384 g/mol. The third kappa shape index (κ3) is 3.57. The molecule has 4 rings (SSSR count). The summed E-state index contributed by atoms with van der Waals surface area (Å²) in [5.74, 6) is 0.0156. The van der Waals surface area contributed by atoms with Gasteiger partial charge in [-0.05, 0) is 37.5 Å². The number of carbonyl (C=O) groups is 2. The van der Waals surface area contributed by atoms with Crippen molar-refractivity contribution in [2.75, 3.05) is 31.1 Å². The normalized spacial score (nSPS) is 25.4. The van der Waals surface area contributed by atoms with E-state index < -0.39 is 0 Å². The molecule has 2 N–H and O–H groups in total. The molecule has 0 spiro atoms. The minimum Gasteiger partial charge on any atom is -0.337 e. The number of halogens is 2. The Morgan fingerprint density at radius 2 is 1.96 bits per heavy atom. The van der Waals surface area contributed by atoms with Crippen molar-refractivity contribution in [1.82, 2.24) is 15.5 Å². The molecule has 3 fully saturated rings. The first kappa shape index (κ1) is 18.3. The number of rotatable bonds is 2. The van der Waals surface area contributed by atoms with Gasteiger partial charge >= 0.3 is 6.03 Å². The highest BCUT2D eigenvalue weighted by molar-refractivity contribution is 6.34. The number of amides is 3.